The summed E-state index contributed by atoms with van der Waals surface area (Å²) in [6.07, 6.45) is 1.21. The smallest absolute Gasteiger partial charge is 0.231 e. The van der Waals surface area contributed by atoms with Gasteiger partial charge in [-0.05, 0) is 10.4 Å². The van der Waals surface area contributed by atoms with Gasteiger partial charge in [-0.1, -0.05) is 0 Å². The van der Waals surface area contributed by atoms with Crippen LogP contribution in [0.4, 0.5) is 3.89 Å². The van der Waals surface area contributed by atoms with Gasteiger partial charge in [0, 0.05) is 0 Å². The molecule has 0 aromatic carbocycles. The lowest BCUT2D eigenvalue weighted by Crippen LogP contribution is -2.09. The second kappa shape index (κ2) is 2.91. The van der Waals surface area contributed by atoms with E-state index >= 15 is 0 Å². The van der Waals surface area contributed by atoms with Gasteiger partial charge in [0.05, 0.1) is 12.3 Å². The molecule has 1 aromatic heterocycles. The van der Waals surface area contributed by atoms with E-state index in [1.807, 2.05) is 0 Å². The topological polar surface area (TPSA) is 77.7 Å². The van der Waals surface area contributed by atoms with E-state index in [-0.39, 0.29) is 6.54 Å². The summed E-state index contributed by atoms with van der Waals surface area (Å²) in [6.45, 7) is -0.0637. The Morgan fingerprint density at radius 1 is 1.55 bits per heavy atom. The lowest BCUT2D eigenvalue weighted by atomic mass is 10.8. The van der Waals surface area contributed by atoms with Crippen molar-refractivity contribution in [1.29, 1.82) is 0 Å². The Morgan fingerprint density at radius 3 is 2.73 bits per heavy atom. The Kier molecular flexibility index (Phi) is 2.13. The van der Waals surface area contributed by atoms with Crippen LogP contribution in [0.1, 0.15) is 0 Å². The standard InChI is InChI=1S/C3H5FN4O2S/c4-11(9,10)2-1-8-3-5-6-7-8/h3H,1-2H2. The van der Waals surface area contributed by atoms with Crippen LogP contribution in [-0.4, -0.2) is 34.4 Å². The second-order valence-electron chi connectivity index (χ2n) is 1.82. The first-order chi connectivity index (χ1) is 5.08. The number of hydrogen-bond donors (Lipinski definition) is 0. The van der Waals surface area contributed by atoms with Gasteiger partial charge in [-0.3, -0.25) is 0 Å². The number of aromatic nitrogens is 4. The van der Waals surface area contributed by atoms with E-state index in [1.165, 1.54) is 6.33 Å². The van der Waals surface area contributed by atoms with Crippen LogP contribution >= 0.6 is 0 Å². The molecule has 1 rings (SSSR count). The molecule has 8 heteroatoms. The summed E-state index contributed by atoms with van der Waals surface area (Å²) < 4.78 is 33.0. The van der Waals surface area contributed by atoms with Crippen LogP contribution in [0.25, 0.3) is 0 Å². The molecular formula is C3H5FN4O2S. The Morgan fingerprint density at radius 2 is 2.27 bits per heavy atom. The maximum atomic E-state index is 11.9. The third-order valence-corrected chi connectivity index (χ3v) is 1.63. The first kappa shape index (κ1) is 8.05. The summed E-state index contributed by atoms with van der Waals surface area (Å²) in [7, 11) is -4.42. The molecule has 1 heterocycles. The van der Waals surface area contributed by atoms with Crippen molar-refractivity contribution >= 4 is 10.2 Å². The molecule has 0 spiro atoms. The fourth-order valence-corrected chi connectivity index (χ4v) is 0.890. The Bertz CT molecular complexity index is 306. The molecular weight excluding hydrogens is 175 g/mol. The molecule has 0 amide bonds. The minimum absolute atomic E-state index is 0.0637. The van der Waals surface area contributed by atoms with Gasteiger partial charge in [0.1, 0.15) is 6.33 Å². The van der Waals surface area contributed by atoms with Crippen molar-refractivity contribution in [3.05, 3.63) is 6.33 Å². The highest BCUT2D eigenvalue weighted by Crippen LogP contribution is 1.91. The summed E-state index contributed by atoms with van der Waals surface area (Å²) in [5.41, 5.74) is 0. The Hall–Kier alpha value is -1.05. The summed E-state index contributed by atoms with van der Waals surface area (Å²) in [5.74, 6) is -0.599. The van der Waals surface area contributed by atoms with Crippen LogP contribution in [-0.2, 0) is 16.8 Å². The Labute approximate surface area is 62.2 Å². The lowest BCUT2D eigenvalue weighted by Gasteiger charge is -1.92. The average molecular weight is 180 g/mol. The third-order valence-electron chi connectivity index (χ3n) is 0.956. The maximum absolute atomic E-state index is 11.9. The second-order valence-corrected chi connectivity index (χ2v) is 3.30. The van der Waals surface area contributed by atoms with E-state index in [4.69, 9.17) is 0 Å². The first-order valence-corrected chi connectivity index (χ1v) is 4.26. The molecule has 0 unspecified atom stereocenters. The summed E-state index contributed by atoms with van der Waals surface area (Å²) in [6, 6.07) is 0. The van der Waals surface area contributed by atoms with E-state index in [9.17, 15) is 12.3 Å². The van der Waals surface area contributed by atoms with Crippen LogP contribution in [0.5, 0.6) is 0 Å². The normalized spacial score (nSPS) is 11.7. The molecule has 0 radical (unpaired) electrons. The maximum Gasteiger partial charge on any atom is 0.304 e. The summed E-state index contributed by atoms with van der Waals surface area (Å²) in [4.78, 5) is 0. The molecule has 1 aromatic rings. The minimum Gasteiger partial charge on any atom is -0.231 e. The number of rotatable bonds is 3. The van der Waals surface area contributed by atoms with Crippen LogP contribution in [0.3, 0.4) is 0 Å². The van der Waals surface area contributed by atoms with Crippen LogP contribution in [0.15, 0.2) is 6.33 Å². The van der Waals surface area contributed by atoms with Crippen molar-refractivity contribution in [3.63, 3.8) is 0 Å². The van der Waals surface area contributed by atoms with Crippen LogP contribution < -0.4 is 0 Å². The minimum atomic E-state index is -4.42. The van der Waals surface area contributed by atoms with Crippen molar-refractivity contribution < 1.29 is 12.3 Å². The SMILES string of the molecule is O=S(=O)(F)CCn1cnnn1. The number of aryl methyl sites for hydroxylation is 1. The highest BCUT2D eigenvalue weighted by molar-refractivity contribution is 7.86. The van der Waals surface area contributed by atoms with Crippen molar-refractivity contribution in [1.82, 2.24) is 20.2 Å². The summed E-state index contributed by atoms with van der Waals surface area (Å²) >= 11 is 0. The lowest BCUT2D eigenvalue weighted by molar-refractivity contribution is 0.537. The predicted molar refractivity (Wildman–Crippen MR) is 32.7 cm³/mol. The molecule has 0 bridgehead atoms. The van der Waals surface area contributed by atoms with E-state index < -0.39 is 16.0 Å². The zero-order valence-electron chi connectivity index (χ0n) is 5.38. The van der Waals surface area contributed by atoms with Gasteiger partial charge in [0.15, 0.2) is 0 Å². The quantitative estimate of drug-likeness (QED) is 0.556. The zero-order chi connectivity index (χ0) is 8.32. The third kappa shape index (κ3) is 3.03. The molecule has 0 saturated carbocycles. The molecule has 0 saturated heterocycles. The monoisotopic (exact) mass is 180 g/mol. The van der Waals surface area contributed by atoms with Crippen molar-refractivity contribution in [2.75, 3.05) is 5.75 Å². The van der Waals surface area contributed by atoms with Gasteiger partial charge < -0.3 is 0 Å². The molecule has 0 N–H and O–H groups in total. The molecule has 62 valence electrons. The van der Waals surface area contributed by atoms with Gasteiger partial charge in [-0.15, -0.1) is 8.98 Å². The van der Waals surface area contributed by atoms with Gasteiger partial charge in [0.25, 0.3) is 0 Å². The van der Waals surface area contributed by atoms with Crippen molar-refractivity contribution in [3.8, 4) is 0 Å². The van der Waals surface area contributed by atoms with Crippen LogP contribution in [0, 0.1) is 0 Å². The highest BCUT2D eigenvalue weighted by atomic mass is 32.3. The Balaban J connectivity index is 2.48. The number of halogens is 1. The van der Waals surface area contributed by atoms with E-state index in [0.717, 1.165) is 4.68 Å². The molecule has 11 heavy (non-hydrogen) atoms. The van der Waals surface area contributed by atoms with Gasteiger partial charge >= 0.3 is 10.2 Å². The number of hydrogen-bond acceptors (Lipinski definition) is 5. The molecule has 0 aliphatic heterocycles. The van der Waals surface area contributed by atoms with Gasteiger partial charge in [0.2, 0.25) is 0 Å². The van der Waals surface area contributed by atoms with Gasteiger partial charge in [-0.25, -0.2) is 4.68 Å². The van der Waals surface area contributed by atoms with E-state index in [2.05, 4.69) is 15.5 Å². The van der Waals surface area contributed by atoms with Crippen molar-refractivity contribution in [2.24, 2.45) is 0 Å². The molecule has 0 aliphatic carbocycles. The highest BCUT2D eigenvalue weighted by Gasteiger charge is 2.06. The molecule has 0 aliphatic rings. The molecule has 6 nitrogen and oxygen atoms in total. The zero-order valence-corrected chi connectivity index (χ0v) is 6.20. The summed E-state index contributed by atoms with van der Waals surface area (Å²) in [5, 5.41) is 9.82. The fraction of sp³-hybridized carbons (Fsp3) is 0.667. The number of tetrazole rings is 1. The van der Waals surface area contributed by atoms with Crippen molar-refractivity contribution in [2.45, 2.75) is 6.54 Å². The van der Waals surface area contributed by atoms with E-state index in [0.29, 0.717) is 0 Å². The number of nitrogens with zero attached hydrogens (tertiary/aromatic N) is 4. The average Bonchev–Trinajstić information content (AvgIpc) is 2.32. The molecule has 0 atom stereocenters. The predicted octanol–water partition coefficient (Wildman–Crippen LogP) is -1.03. The largest absolute Gasteiger partial charge is 0.304 e. The first-order valence-electron chi connectivity index (χ1n) is 2.71. The molecule has 0 fully saturated rings. The van der Waals surface area contributed by atoms with Gasteiger partial charge in [-0.2, -0.15) is 8.42 Å². The van der Waals surface area contributed by atoms with Crippen LogP contribution in [0.2, 0.25) is 0 Å². The van der Waals surface area contributed by atoms with E-state index in [1.54, 1.807) is 0 Å². The fourth-order valence-electron chi connectivity index (χ4n) is 0.485.